The van der Waals surface area contributed by atoms with Crippen molar-refractivity contribution >= 4 is 10.1 Å². The van der Waals surface area contributed by atoms with Crippen LogP contribution in [0.15, 0.2) is 0 Å². The number of hydrogen-bond donors (Lipinski definition) is 1. The van der Waals surface area contributed by atoms with Crippen molar-refractivity contribution < 1.29 is 12.6 Å². The van der Waals surface area contributed by atoms with Gasteiger partial charge in [-0.05, 0) is 37.8 Å². The molecule has 2 aliphatic rings. The Labute approximate surface area is 78.8 Å². The summed E-state index contributed by atoms with van der Waals surface area (Å²) in [6, 6.07) is 0. The molecule has 4 nitrogen and oxygen atoms in total. The molecule has 1 saturated carbocycles. The molecule has 0 aromatic heterocycles. The fraction of sp³-hybridized carbons (Fsp3) is 1.00. The van der Waals surface area contributed by atoms with E-state index >= 15 is 0 Å². The summed E-state index contributed by atoms with van der Waals surface area (Å²) in [4.78, 5) is 0. The molecule has 13 heavy (non-hydrogen) atoms. The first kappa shape index (κ1) is 9.43. The molecular formula is C8H15NO3S. The second kappa shape index (κ2) is 3.22. The van der Waals surface area contributed by atoms with Gasteiger partial charge in [0, 0.05) is 0 Å². The minimum Gasteiger partial charge on any atom is -0.316 e. The monoisotopic (exact) mass is 205 g/mol. The van der Waals surface area contributed by atoms with Gasteiger partial charge in [-0.2, -0.15) is 8.42 Å². The molecule has 1 saturated heterocycles. The molecule has 2 fully saturated rings. The molecule has 3 atom stereocenters. The molecule has 1 N–H and O–H groups in total. The highest BCUT2D eigenvalue weighted by molar-refractivity contribution is 7.86. The first-order valence-electron chi connectivity index (χ1n) is 4.63. The molecule has 1 aliphatic carbocycles. The van der Waals surface area contributed by atoms with Crippen molar-refractivity contribution in [1.29, 1.82) is 0 Å². The number of fused-ring (bicyclic) bond motifs is 1. The standard InChI is InChI=1S/C8H15NO3S/c1-13(10,11)12-8-2-6-4-9-5-7(6)3-8/h6-9H,2-5H2,1H3/t6-,7+,8-. The highest BCUT2D eigenvalue weighted by Gasteiger charge is 2.38. The third kappa shape index (κ3) is 2.21. The second-order valence-electron chi connectivity index (χ2n) is 4.07. The van der Waals surface area contributed by atoms with Crippen LogP contribution in [-0.2, 0) is 14.3 Å². The van der Waals surface area contributed by atoms with Crippen LogP contribution in [0.1, 0.15) is 12.8 Å². The lowest BCUT2D eigenvalue weighted by Gasteiger charge is -2.09. The van der Waals surface area contributed by atoms with E-state index < -0.39 is 10.1 Å². The van der Waals surface area contributed by atoms with Crippen LogP contribution in [-0.4, -0.2) is 33.9 Å². The van der Waals surface area contributed by atoms with Gasteiger partial charge < -0.3 is 5.32 Å². The largest absolute Gasteiger partial charge is 0.316 e. The van der Waals surface area contributed by atoms with Crippen molar-refractivity contribution in [2.75, 3.05) is 19.3 Å². The van der Waals surface area contributed by atoms with Gasteiger partial charge in [-0.25, -0.2) is 0 Å². The molecular weight excluding hydrogens is 190 g/mol. The Morgan fingerprint density at radius 3 is 2.23 bits per heavy atom. The zero-order chi connectivity index (χ0) is 9.47. The van der Waals surface area contributed by atoms with Crippen LogP contribution < -0.4 is 5.32 Å². The number of hydrogen-bond acceptors (Lipinski definition) is 4. The molecule has 0 amide bonds. The summed E-state index contributed by atoms with van der Waals surface area (Å²) in [5.41, 5.74) is 0. The quantitative estimate of drug-likeness (QED) is 0.643. The first-order valence-corrected chi connectivity index (χ1v) is 6.45. The predicted molar refractivity (Wildman–Crippen MR) is 48.8 cm³/mol. The molecule has 0 aromatic rings. The summed E-state index contributed by atoms with van der Waals surface area (Å²) in [5.74, 6) is 1.26. The van der Waals surface area contributed by atoms with Gasteiger partial charge in [0.15, 0.2) is 0 Å². The van der Waals surface area contributed by atoms with E-state index in [9.17, 15) is 8.42 Å². The van der Waals surface area contributed by atoms with Gasteiger partial charge in [0.05, 0.1) is 12.4 Å². The van der Waals surface area contributed by atoms with E-state index in [0.717, 1.165) is 32.2 Å². The maximum Gasteiger partial charge on any atom is 0.264 e. The second-order valence-corrected chi connectivity index (χ2v) is 5.67. The highest BCUT2D eigenvalue weighted by Crippen LogP contribution is 2.36. The summed E-state index contributed by atoms with van der Waals surface area (Å²) >= 11 is 0. The molecule has 1 heterocycles. The Kier molecular flexibility index (Phi) is 2.33. The van der Waals surface area contributed by atoms with E-state index in [0.29, 0.717) is 11.8 Å². The van der Waals surface area contributed by atoms with Gasteiger partial charge in [-0.3, -0.25) is 4.18 Å². The maximum atomic E-state index is 10.9. The SMILES string of the molecule is CS(=O)(=O)O[C@H]1C[C@H]2CNC[C@H]2C1. The van der Waals surface area contributed by atoms with Crippen LogP contribution in [0.4, 0.5) is 0 Å². The fourth-order valence-electron chi connectivity index (χ4n) is 2.44. The average Bonchev–Trinajstić information content (AvgIpc) is 2.40. The van der Waals surface area contributed by atoms with Gasteiger partial charge in [-0.15, -0.1) is 0 Å². The molecule has 0 unspecified atom stereocenters. The molecule has 0 spiro atoms. The topological polar surface area (TPSA) is 55.4 Å². The van der Waals surface area contributed by atoms with Gasteiger partial charge in [0.25, 0.3) is 10.1 Å². The van der Waals surface area contributed by atoms with Crippen molar-refractivity contribution in [3.63, 3.8) is 0 Å². The Morgan fingerprint density at radius 2 is 1.77 bits per heavy atom. The molecule has 0 aromatic carbocycles. The Bertz CT molecular complexity index is 276. The van der Waals surface area contributed by atoms with E-state index in [1.54, 1.807) is 0 Å². The van der Waals surface area contributed by atoms with E-state index in [2.05, 4.69) is 5.32 Å². The summed E-state index contributed by atoms with van der Waals surface area (Å²) < 4.78 is 26.7. The van der Waals surface area contributed by atoms with Crippen molar-refractivity contribution in [3.05, 3.63) is 0 Å². The van der Waals surface area contributed by atoms with Crippen LogP contribution in [0.3, 0.4) is 0 Å². The van der Waals surface area contributed by atoms with E-state index in [1.165, 1.54) is 0 Å². The zero-order valence-electron chi connectivity index (χ0n) is 7.69. The number of rotatable bonds is 2. The molecule has 1 aliphatic heterocycles. The summed E-state index contributed by atoms with van der Waals surface area (Å²) in [6.07, 6.45) is 2.85. The van der Waals surface area contributed by atoms with Gasteiger partial charge >= 0.3 is 0 Å². The molecule has 0 radical (unpaired) electrons. The number of nitrogens with one attached hydrogen (secondary N) is 1. The molecule has 0 bridgehead atoms. The third-order valence-electron chi connectivity index (χ3n) is 2.92. The maximum absolute atomic E-state index is 10.9. The van der Waals surface area contributed by atoms with E-state index in [4.69, 9.17) is 4.18 Å². The summed E-state index contributed by atoms with van der Waals surface area (Å²) in [7, 11) is -3.26. The highest BCUT2D eigenvalue weighted by atomic mass is 32.2. The van der Waals surface area contributed by atoms with Gasteiger partial charge in [0.1, 0.15) is 0 Å². The van der Waals surface area contributed by atoms with E-state index in [1.807, 2.05) is 0 Å². The molecule has 76 valence electrons. The van der Waals surface area contributed by atoms with Crippen LogP contribution >= 0.6 is 0 Å². The van der Waals surface area contributed by atoms with Crippen molar-refractivity contribution in [3.8, 4) is 0 Å². The van der Waals surface area contributed by atoms with Crippen LogP contribution in [0.2, 0.25) is 0 Å². The smallest absolute Gasteiger partial charge is 0.264 e. The summed E-state index contributed by atoms with van der Waals surface area (Å²) in [5, 5.41) is 3.30. The minimum absolute atomic E-state index is 0.0629. The predicted octanol–water partition coefficient (Wildman–Crippen LogP) is -0.0394. The lowest BCUT2D eigenvalue weighted by Crippen LogP contribution is -2.18. The minimum atomic E-state index is -3.26. The third-order valence-corrected chi connectivity index (χ3v) is 3.54. The first-order chi connectivity index (χ1) is 6.04. The Balaban J connectivity index is 1.92. The van der Waals surface area contributed by atoms with Gasteiger partial charge in [-0.1, -0.05) is 0 Å². The van der Waals surface area contributed by atoms with Crippen LogP contribution in [0.5, 0.6) is 0 Å². The lowest BCUT2D eigenvalue weighted by molar-refractivity contribution is 0.209. The lowest BCUT2D eigenvalue weighted by atomic mass is 10.0. The zero-order valence-corrected chi connectivity index (χ0v) is 8.51. The molecule has 5 heteroatoms. The Hall–Kier alpha value is -0.130. The van der Waals surface area contributed by atoms with Crippen molar-refractivity contribution in [2.24, 2.45) is 11.8 Å². The van der Waals surface area contributed by atoms with Crippen molar-refractivity contribution in [2.45, 2.75) is 18.9 Å². The van der Waals surface area contributed by atoms with E-state index in [-0.39, 0.29) is 6.10 Å². The van der Waals surface area contributed by atoms with Gasteiger partial charge in [0.2, 0.25) is 0 Å². The van der Waals surface area contributed by atoms with Crippen LogP contribution in [0, 0.1) is 11.8 Å². The fourth-order valence-corrected chi connectivity index (χ4v) is 3.09. The normalized spacial score (nSPS) is 39.3. The molecule has 2 rings (SSSR count). The van der Waals surface area contributed by atoms with Crippen LogP contribution in [0.25, 0.3) is 0 Å². The van der Waals surface area contributed by atoms with Crippen molar-refractivity contribution in [1.82, 2.24) is 5.32 Å². The average molecular weight is 205 g/mol. The summed E-state index contributed by atoms with van der Waals surface area (Å²) in [6.45, 7) is 2.04. The Morgan fingerprint density at radius 1 is 1.23 bits per heavy atom.